The van der Waals surface area contributed by atoms with Crippen molar-refractivity contribution in [2.45, 2.75) is 12.5 Å². The maximum Gasteiger partial charge on any atom is 0.265 e. The van der Waals surface area contributed by atoms with E-state index in [-0.39, 0.29) is 17.9 Å². The van der Waals surface area contributed by atoms with Gasteiger partial charge < -0.3 is 14.2 Å². The average molecular weight is 449 g/mol. The van der Waals surface area contributed by atoms with Crippen molar-refractivity contribution in [1.29, 1.82) is 0 Å². The summed E-state index contributed by atoms with van der Waals surface area (Å²) in [6, 6.07) is 15.0. The van der Waals surface area contributed by atoms with Crippen LogP contribution in [0.25, 0.3) is 10.8 Å². The highest BCUT2D eigenvalue weighted by atomic mass is 16.5. The van der Waals surface area contributed by atoms with Crippen molar-refractivity contribution in [3.05, 3.63) is 60.2 Å². The second kappa shape index (κ2) is 9.17. The molecule has 0 spiro atoms. The molecule has 0 saturated carbocycles. The second-order valence-corrected chi connectivity index (χ2v) is 7.33. The molecule has 0 aliphatic carbocycles. The van der Waals surface area contributed by atoms with E-state index in [1.54, 1.807) is 12.1 Å². The van der Waals surface area contributed by atoms with Crippen LogP contribution in [0.15, 0.2) is 54.6 Å². The molecule has 170 valence electrons. The number of fused-ring (bicyclic) bond motifs is 1. The molecular formula is C24H23N3O6. The van der Waals surface area contributed by atoms with E-state index in [4.69, 9.17) is 14.2 Å². The molecule has 3 amide bonds. The molecule has 1 heterocycles. The van der Waals surface area contributed by atoms with E-state index in [1.807, 2.05) is 30.3 Å². The molecule has 0 unspecified atom stereocenters. The minimum Gasteiger partial charge on any atom is -0.493 e. The van der Waals surface area contributed by atoms with Crippen molar-refractivity contribution in [3.8, 4) is 17.2 Å². The van der Waals surface area contributed by atoms with E-state index in [1.165, 1.54) is 33.5 Å². The number of anilines is 1. The average Bonchev–Trinajstić information content (AvgIpc) is 3.13. The molecule has 1 saturated heterocycles. The minimum atomic E-state index is -0.901. The van der Waals surface area contributed by atoms with Gasteiger partial charge in [-0.2, -0.15) is 0 Å². The zero-order valence-corrected chi connectivity index (χ0v) is 18.4. The third-order valence-corrected chi connectivity index (χ3v) is 5.44. The summed E-state index contributed by atoms with van der Waals surface area (Å²) in [5.41, 5.74) is 5.93. The van der Waals surface area contributed by atoms with Gasteiger partial charge in [-0.3, -0.25) is 19.8 Å². The number of imide groups is 1. The van der Waals surface area contributed by atoms with Crippen LogP contribution in [-0.2, 0) is 9.59 Å². The Kier molecular flexibility index (Phi) is 6.14. The molecule has 9 nitrogen and oxygen atoms in total. The molecule has 33 heavy (non-hydrogen) atoms. The van der Waals surface area contributed by atoms with E-state index < -0.39 is 17.9 Å². The first-order chi connectivity index (χ1) is 16.0. The second-order valence-electron chi connectivity index (χ2n) is 7.33. The fraction of sp³-hybridized carbons (Fsp3) is 0.208. The number of nitrogens with zero attached hydrogens (tertiary/aromatic N) is 1. The molecular weight excluding hydrogens is 426 g/mol. The van der Waals surface area contributed by atoms with Gasteiger partial charge in [-0.05, 0) is 23.6 Å². The smallest absolute Gasteiger partial charge is 0.265 e. The largest absolute Gasteiger partial charge is 0.493 e. The van der Waals surface area contributed by atoms with E-state index in [2.05, 4.69) is 10.9 Å². The summed E-state index contributed by atoms with van der Waals surface area (Å²) >= 11 is 0. The third-order valence-electron chi connectivity index (χ3n) is 5.44. The Morgan fingerprint density at radius 1 is 0.939 bits per heavy atom. The highest BCUT2D eigenvalue weighted by Gasteiger charge is 2.40. The number of hydrazine groups is 1. The highest BCUT2D eigenvalue weighted by Crippen LogP contribution is 2.38. The first-order valence-electron chi connectivity index (χ1n) is 10.2. The van der Waals surface area contributed by atoms with Gasteiger partial charge in [0.15, 0.2) is 11.5 Å². The fourth-order valence-corrected chi connectivity index (χ4v) is 3.84. The maximum atomic E-state index is 13.0. The molecule has 1 fully saturated rings. The van der Waals surface area contributed by atoms with Crippen LogP contribution in [0.5, 0.6) is 17.2 Å². The lowest BCUT2D eigenvalue weighted by Gasteiger charge is -2.18. The molecule has 2 N–H and O–H groups in total. The summed E-state index contributed by atoms with van der Waals surface area (Å²) in [4.78, 5) is 39.6. The lowest BCUT2D eigenvalue weighted by molar-refractivity contribution is -0.121. The molecule has 1 atom stereocenters. The zero-order chi connectivity index (χ0) is 23.5. The minimum absolute atomic E-state index is 0.0857. The van der Waals surface area contributed by atoms with E-state index in [0.717, 1.165) is 15.7 Å². The van der Waals surface area contributed by atoms with Crippen LogP contribution in [0.3, 0.4) is 0 Å². The van der Waals surface area contributed by atoms with Gasteiger partial charge in [0.1, 0.15) is 6.04 Å². The SMILES string of the molecule is COc1cc(C(=O)NN[C@@H]2CC(=O)N(c3cccc4ccccc34)C2=O)cc(OC)c1OC. The van der Waals surface area contributed by atoms with Crippen LogP contribution in [-0.4, -0.2) is 45.1 Å². The van der Waals surface area contributed by atoms with Crippen molar-refractivity contribution < 1.29 is 28.6 Å². The number of benzene rings is 3. The molecule has 1 aliphatic heterocycles. The molecule has 0 bridgehead atoms. The fourth-order valence-electron chi connectivity index (χ4n) is 3.84. The van der Waals surface area contributed by atoms with Gasteiger partial charge in [-0.15, -0.1) is 0 Å². The summed E-state index contributed by atoms with van der Waals surface area (Å²) in [5.74, 6) is -0.338. The Morgan fingerprint density at radius 3 is 2.27 bits per heavy atom. The lowest BCUT2D eigenvalue weighted by Crippen LogP contribution is -2.48. The van der Waals surface area contributed by atoms with Crippen LogP contribution in [0.4, 0.5) is 5.69 Å². The van der Waals surface area contributed by atoms with Crippen LogP contribution >= 0.6 is 0 Å². The van der Waals surface area contributed by atoms with E-state index in [0.29, 0.717) is 22.9 Å². The number of methoxy groups -OCH3 is 3. The van der Waals surface area contributed by atoms with Gasteiger partial charge >= 0.3 is 0 Å². The quantitative estimate of drug-likeness (QED) is 0.422. The number of carbonyl (C=O) groups is 3. The number of ether oxygens (including phenoxy) is 3. The number of rotatable bonds is 7. The number of hydrogen-bond acceptors (Lipinski definition) is 7. The van der Waals surface area contributed by atoms with Crippen molar-refractivity contribution >= 4 is 34.2 Å². The van der Waals surface area contributed by atoms with Crippen molar-refractivity contribution in [2.75, 3.05) is 26.2 Å². The predicted octanol–water partition coefficient (Wildman–Crippen LogP) is 2.43. The van der Waals surface area contributed by atoms with Crippen molar-refractivity contribution in [1.82, 2.24) is 10.9 Å². The molecule has 3 aromatic rings. The first-order valence-corrected chi connectivity index (χ1v) is 10.2. The summed E-state index contributed by atoms with van der Waals surface area (Å²) < 4.78 is 15.8. The number of amides is 3. The van der Waals surface area contributed by atoms with Crippen LogP contribution in [0, 0.1) is 0 Å². The van der Waals surface area contributed by atoms with Crippen molar-refractivity contribution in [2.24, 2.45) is 0 Å². The van der Waals surface area contributed by atoms with Crippen LogP contribution in [0.2, 0.25) is 0 Å². The summed E-state index contributed by atoms with van der Waals surface area (Å²) in [6.07, 6.45) is -0.0857. The van der Waals surface area contributed by atoms with Gasteiger partial charge in [-0.25, -0.2) is 10.3 Å². The van der Waals surface area contributed by atoms with Gasteiger partial charge in [0, 0.05) is 10.9 Å². The Labute approximate surface area is 190 Å². The zero-order valence-electron chi connectivity index (χ0n) is 18.4. The number of hydrogen-bond donors (Lipinski definition) is 2. The van der Waals surface area contributed by atoms with E-state index >= 15 is 0 Å². The van der Waals surface area contributed by atoms with Gasteiger partial charge in [0.2, 0.25) is 11.7 Å². The molecule has 4 rings (SSSR count). The van der Waals surface area contributed by atoms with Crippen molar-refractivity contribution in [3.63, 3.8) is 0 Å². The predicted molar refractivity (Wildman–Crippen MR) is 122 cm³/mol. The molecule has 3 aromatic carbocycles. The molecule has 0 radical (unpaired) electrons. The molecule has 1 aliphatic rings. The molecule has 9 heteroatoms. The number of nitrogens with one attached hydrogen (secondary N) is 2. The van der Waals surface area contributed by atoms with Crippen LogP contribution < -0.4 is 30.0 Å². The Balaban J connectivity index is 1.51. The normalized spacial score (nSPS) is 15.6. The standard InChI is InChI=1S/C24H23N3O6/c1-31-19-11-15(12-20(32-2)22(19)33-3)23(29)26-25-17-13-21(28)27(24(17)30)18-10-6-8-14-7-4-5-9-16(14)18/h4-12,17,25H,13H2,1-3H3,(H,26,29)/t17-/m1/s1. The Morgan fingerprint density at radius 2 is 1.61 bits per heavy atom. The monoisotopic (exact) mass is 449 g/mol. The topological polar surface area (TPSA) is 106 Å². The molecule has 0 aromatic heterocycles. The van der Waals surface area contributed by atoms with E-state index in [9.17, 15) is 14.4 Å². The number of carbonyl (C=O) groups excluding carboxylic acids is 3. The third kappa shape index (κ3) is 4.06. The van der Waals surface area contributed by atoms with Gasteiger partial charge in [-0.1, -0.05) is 36.4 Å². The van der Waals surface area contributed by atoms with Gasteiger partial charge in [0.05, 0.1) is 33.4 Å². The lowest BCUT2D eigenvalue weighted by atomic mass is 10.1. The maximum absolute atomic E-state index is 13.0. The first kappa shape index (κ1) is 22.1. The summed E-state index contributed by atoms with van der Waals surface area (Å²) in [6.45, 7) is 0. The Bertz CT molecular complexity index is 1210. The Hall–Kier alpha value is -4.11. The highest BCUT2D eigenvalue weighted by molar-refractivity contribution is 6.25. The summed E-state index contributed by atoms with van der Waals surface area (Å²) in [7, 11) is 4.36. The summed E-state index contributed by atoms with van der Waals surface area (Å²) in [5, 5.41) is 1.71. The van der Waals surface area contributed by atoms with Gasteiger partial charge in [0.25, 0.3) is 11.8 Å². The van der Waals surface area contributed by atoms with Crippen LogP contribution in [0.1, 0.15) is 16.8 Å².